The number of nitrogens with zero attached hydrogens (tertiary/aromatic N) is 1. The van der Waals surface area contributed by atoms with Crippen molar-refractivity contribution < 1.29 is 9.18 Å². The molecule has 2 aromatic heterocycles. The molecule has 5 nitrogen and oxygen atoms in total. The number of nitrogens with two attached hydrogens (primary N) is 1. The molecule has 1 fully saturated rings. The second kappa shape index (κ2) is 6.35. The summed E-state index contributed by atoms with van der Waals surface area (Å²) in [5.74, 6) is -0.187. The number of benzene rings is 1. The van der Waals surface area contributed by atoms with E-state index in [0.717, 1.165) is 23.7 Å². The molecular formula is C19H21FN4O. The highest BCUT2D eigenvalue weighted by Crippen LogP contribution is 2.34. The van der Waals surface area contributed by atoms with Gasteiger partial charge in [-0.15, -0.1) is 0 Å². The number of amides is 1. The maximum Gasteiger partial charge on any atom is 0.252 e. The lowest BCUT2D eigenvalue weighted by Crippen LogP contribution is -2.20. The third-order valence-electron chi connectivity index (χ3n) is 5.05. The van der Waals surface area contributed by atoms with E-state index in [2.05, 4.69) is 15.3 Å². The summed E-state index contributed by atoms with van der Waals surface area (Å²) in [5, 5.41) is 4.96. The van der Waals surface area contributed by atoms with E-state index < -0.39 is 5.91 Å². The Hall–Kier alpha value is -2.63. The quantitative estimate of drug-likeness (QED) is 0.628. The van der Waals surface area contributed by atoms with Crippen molar-refractivity contribution >= 4 is 33.5 Å². The van der Waals surface area contributed by atoms with Gasteiger partial charge < -0.3 is 16.0 Å². The van der Waals surface area contributed by atoms with Crippen molar-refractivity contribution in [2.75, 3.05) is 5.32 Å². The van der Waals surface area contributed by atoms with Crippen LogP contribution >= 0.6 is 0 Å². The molecular weight excluding hydrogens is 319 g/mol. The molecule has 6 heteroatoms. The molecule has 4 rings (SSSR count). The zero-order valence-corrected chi connectivity index (χ0v) is 13.9. The minimum atomic E-state index is -0.550. The Morgan fingerprint density at radius 1 is 1.24 bits per heavy atom. The number of anilines is 1. The molecule has 1 aliphatic rings. The van der Waals surface area contributed by atoms with Crippen LogP contribution in [0.15, 0.2) is 24.4 Å². The summed E-state index contributed by atoms with van der Waals surface area (Å²) < 4.78 is 13.8. The fraction of sp³-hybridized carbons (Fsp3) is 0.368. The Morgan fingerprint density at radius 2 is 2.00 bits per heavy atom. The standard InChI is InChI=1S/C19H21FN4O/c20-11-7-8-15-13(9-11)16-17(24-15)14(18(21)25)10-22-19(16)23-12-5-3-1-2-4-6-12/h7-10,12,24H,1-6H2,(H2,21,25)(H,22,23). The first kappa shape index (κ1) is 15.9. The van der Waals surface area contributed by atoms with Gasteiger partial charge in [-0.25, -0.2) is 9.37 Å². The first-order chi connectivity index (χ1) is 12.1. The molecule has 1 saturated carbocycles. The van der Waals surface area contributed by atoms with Crippen LogP contribution in [0.25, 0.3) is 21.8 Å². The summed E-state index contributed by atoms with van der Waals surface area (Å²) in [5.41, 5.74) is 7.18. The lowest BCUT2D eigenvalue weighted by Gasteiger charge is -2.18. The highest BCUT2D eigenvalue weighted by Gasteiger charge is 2.19. The Morgan fingerprint density at radius 3 is 2.72 bits per heavy atom. The number of rotatable bonds is 3. The molecule has 3 aromatic rings. The molecule has 0 unspecified atom stereocenters. The summed E-state index contributed by atoms with van der Waals surface area (Å²) in [4.78, 5) is 19.4. The minimum Gasteiger partial charge on any atom is -0.367 e. The number of carbonyl (C=O) groups is 1. The number of aromatic amines is 1. The van der Waals surface area contributed by atoms with Crippen molar-refractivity contribution in [3.8, 4) is 0 Å². The number of H-pyrrole nitrogens is 1. The Labute approximate surface area is 144 Å². The molecule has 1 amide bonds. The van der Waals surface area contributed by atoms with Crippen LogP contribution in [0, 0.1) is 5.82 Å². The molecule has 0 saturated heterocycles. The van der Waals surface area contributed by atoms with Gasteiger partial charge in [-0.05, 0) is 31.0 Å². The summed E-state index contributed by atoms with van der Waals surface area (Å²) in [7, 11) is 0. The van der Waals surface area contributed by atoms with E-state index in [9.17, 15) is 9.18 Å². The molecule has 0 bridgehead atoms. The van der Waals surface area contributed by atoms with Gasteiger partial charge in [-0.1, -0.05) is 25.7 Å². The summed E-state index contributed by atoms with van der Waals surface area (Å²) in [6.45, 7) is 0. The Kier molecular flexibility index (Phi) is 4.03. The first-order valence-electron chi connectivity index (χ1n) is 8.80. The smallest absolute Gasteiger partial charge is 0.252 e. The van der Waals surface area contributed by atoms with Gasteiger partial charge in [0.15, 0.2) is 0 Å². The third-order valence-corrected chi connectivity index (χ3v) is 5.05. The highest BCUT2D eigenvalue weighted by molar-refractivity contribution is 6.18. The maximum atomic E-state index is 13.8. The minimum absolute atomic E-state index is 0.318. The molecule has 4 N–H and O–H groups in total. The number of nitrogens with one attached hydrogen (secondary N) is 2. The van der Waals surface area contributed by atoms with E-state index in [-0.39, 0.29) is 5.82 Å². The fourth-order valence-corrected chi connectivity index (χ4v) is 3.78. The van der Waals surface area contributed by atoms with Gasteiger partial charge in [-0.3, -0.25) is 4.79 Å². The van der Waals surface area contributed by atoms with Crippen LogP contribution in [0.4, 0.5) is 10.2 Å². The van der Waals surface area contributed by atoms with E-state index in [0.29, 0.717) is 28.3 Å². The molecule has 25 heavy (non-hydrogen) atoms. The number of primary amides is 1. The van der Waals surface area contributed by atoms with Crippen LogP contribution < -0.4 is 11.1 Å². The van der Waals surface area contributed by atoms with Crippen LogP contribution in [0.5, 0.6) is 0 Å². The van der Waals surface area contributed by atoms with Gasteiger partial charge >= 0.3 is 0 Å². The van der Waals surface area contributed by atoms with Crippen molar-refractivity contribution in [3.05, 3.63) is 35.8 Å². The van der Waals surface area contributed by atoms with E-state index in [1.165, 1.54) is 44.0 Å². The summed E-state index contributed by atoms with van der Waals surface area (Å²) in [6, 6.07) is 4.88. The Balaban J connectivity index is 1.88. The zero-order chi connectivity index (χ0) is 17.4. The van der Waals surface area contributed by atoms with Gasteiger partial charge in [0.25, 0.3) is 5.91 Å². The van der Waals surface area contributed by atoms with Gasteiger partial charge in [0.05, 0.1) is 16.5 Å². The topological polar surface area (TPSA) is 83.8 Å². The molecule has 1 aliphatic carbocycles. The van der Waals surface area contributed by atoms with E-state index in [4.69, 9.17) is 5.73 Å². The largest absolute Gasteiger partial charge is 0.367 e. The van der Waals surface area contributed by atoms with Crippen molar-refractivity contribution in [1.29, 1.82) is 0 Å². The third kappa shape index (κ3) is 2.92. The van der Waals surface area contributed by atoms with Crippen molar-refractivity contribution in [2.24, 2.45) is 5.73 Å². The predicted octanol–water partition coefficient (Wildman–Crippen LogP) is 4.09. The Bertz CT molecular complexity index is 941. The van der Waals surface area contributed by atoms with E-state index in [1.807, 2.05) is 0 Å². The summed E-state index contributed by atoms with van der Waals surface area (Å²) in [6.07, 6.45) is 8.61. The number of fused-ring (bicyclic) bond motifs is 3. The number of hydrogen-bond acceptors (Lipinski definition) is 3. The number of carbonyl (C=O) groups excluding carboxylic acids is 1. The van der Waals surface area contributed by atoms with Crippen molar-refractivity contribution in [2.45, 2.75) is 44.6 Å². The predicted molar refractivity (Wildman–Crippen MR) is 97.2 cm³/mol. The highest BCUT2D eigenvalue weighted by atomic mass is 19.1. The van der Waals surface area contributed by atoms with E-state index in [1.54, 1.807) is 6.07 Å². The molecule has 2 heterocycles. The van der Waals surface area contributed by atoms with Crippen LogP contribution in [0.3, 0.4) is 0 Å². The van der Waals surface area contributed by atoms with Gasteiger partial charge in [0.1, 0.15) is 11.6 Å². The fourth-order valence-electron chi connectivity index (χ4n) is 3.78. The average Bonchev–Trinajstić information content (AvgIpc) is 2.77. The maximum absolute atomic E-state index is 13.8. The summed E-state index contributed by atoms with van der Waals surface area (Å²) >= 11 is 0. The number of hydrogen-bond donors (Lipinski definition) is 3. The van der Waals surface area contributed by atoms with Gasteiger partial charge in [0.2, 0.25) is 0 Å². The van der Waals surface area contributed by atoms with E-state index >= 15 is 0 Å². The SMILES string of the molecule is NC(=O)c1cnc(NC2CCCCCC2)c2c1[nH]c1ccc(F)cc12. The average molecular weight is 340 g/mol. The lowest BCUT2D eigenvalue weighted by atomic mass is 10.1. The van der Waals surface area contributed by atoms with Gasteiger partial charge in [-0.2, -0.15) is 0 Å². The molecule has 0 spiro atoms. The first-order valence-corrected chi connectivity index (χ1v) is 8.80. The normalized spacial score (nSPS) is 16.2. The molecule has 0 radical (unpaired) electrons. The lowest BCUT2D eigenvalue weighted by molar-refractivity contribution is 0.100. The van der Waals surface area contributed by atoms with Crippen molar-refractivity contribution in [1.82, 2.24) is 9.97 Å². The van der Waals surface area contributed by atoms with Crippen LogP contribution in [0.1, 0.15) is 48.9 Å². The molecule has 1 aromatic carbocycles. The van der Waals surface area contributed by atoms with Crippen molar-refractivity contribution in [3.63, 3.8) is 0 Å². The number of halogens is 1. The monoisotopic (exact) mass is 340 g/mol. The van der Waals surface area contributed by atoms with Crippen LogP contribution in [-0.4, -0.2) is 21.9 Å². The second-order valence-corrected chi connectivity index (χ2v) is 6.78. The molecule has 0 atom stereocenters. The van der Waals surface area contributed by atoms with Crippen LogP contribution in [-0.2, 0) is 0 Å². The van der Waals surface area contributed by atoms with Crippen LogP contribution in [0.2, 0.25) is 0 Å². The van der Waals surface area contributed by atoms with Gasteiger partial charge in [0, 0.05) is 23.1 Å². The number of pyridine rings is 1. The molecule has 130 valence electrons. The second-order valence-electron chi connectivity index (χ2n) is 6.78. The zero-order valence-electron chi connectivity index (χ0n) is 13.9. The number of aromatic nitrogens is 2. The molecule has 0 aliphatic heterocycles.